The predicted octanol–water partition coefficient (Wildman–Crippen LogP) is 16.0. The third kappa shape index (κ3) is 181. The Labute approximate surface area is 619 Å². The molecule has 4 nitrogen and oxygen atoms in total. The maximum absolute atomic E-state index is 9.50. The second kappa shape index (κ2) is 198. The normalized spacial score (nSPS) is 6.37. The number of halogens is 5. The maximum Gasteiger partial charge on any atom is 0.357 e. The van der Waals surface area contributed by atoms with Crippen LogP contribution in [0.4, 0.5) is 4.39 Å². The van der Waals surface area contributed by atoms with Crippen LogP contribution in [-0.2, 0) is 9.47 Å². The molecule has 0 spiro atoms. The van der Waals surface area contributed by atoms with E-state index < -0.39 is 0 Å². The van der Waals surface area contributed by atoms with Gasteiger partial charge in [0, 0.05) is 42.7 Å². The smallest absolute Gasteiger partial charge is 0.357 e. The van der Waals surface area contributed by atoms with Crippen molar-refractivity contribution in [2.45, 2.75) is 202 Å². The van der Waals surface area contributed by atoms with E-state index in [1.165, 1.54) is 27.1 Å². The first-order chi connectivity index (χ1) is 42.6. The van der Waals surface area contributed by atoms with Gasteiger partial charge in [0.15, 0.2) is 14.3 Å². The second-order valence-electron chi connectivity index (χ2n) is 12.2. The number of aliphatic hydroxyl groups is 2. The molecular formula is C84H157Cl2FI2O4. The van der Waals surface area contributed by atoms with Crippen molar-refractivity contribution in [3.63, 3.8) is 0 Å². The fraction of sp³-hybridized carbons (Fsp3) is 0.429. The van der Waals surface area contributed by atoms with E-state index in [9.17, 15) is 4.39 Å². The minimum absolute atomic E-state index is 0. The fourth-order valence-corrected chi connectivity index (χ4v) is 8.24. The van der Waals surface area contributed by atoms with Gasteiger partial charge in [-0.2, -0.15) is 0 Å². The molecule has 93 heavy (non-hydrogen) atoms. The van der Waals surface area contributed by atoms with Crippen LogP contribution in [0.25, 0.3) is 0 Å². The van der Waals surface area contributed by atoms with Crippen molar-refractivity contribution in [2.24, 2.45) is 0 Å². The van der Waals surface area contributed by atoms with Crippen molar-refractivity contribution in [3.8, 4) is 0 Å². The maximum atomic E-state index is 9.50. The highest BCUT2D eigenvalue weighted by molar-refractivity contribution is 5.05. The van der Waals surface area contributed by atoms with Gasteiger partial charge in [-0.1, -0.05) is 421 Å². The van der Waals surface area contributed by atoms with Gasteiger partial charge in [-0.05, 0) is 48.5 Å². The Morgan fingerprint density at radius 3 is 0.344 bits per heavy atom. The van der Waals surface area contributed by atoms with Gasteiger partial charge in [0.25, 0.3) is 0 Å². The molecule has 0 atom stereocenters. The summed E-state index contributed by atoms with van der Waals surface area (Å²) in [5.41, 5.74) is 0. The van der Waals surface area contributed by atoms with Gasteiger partial charge < -0.3 is 44.5 Å². The quantitative estimate of drug-likeness (QED) is 0.172. The minimum Gasteiger partial charge on any atom is -1.00 e. The highest BCUT2D eigenvalue weighted by Crippen LogP contribution is 1.88. The first kappa shape index (κ1) is 149. The van der Waals surface area contributed by atoms with Crippen LogP contribution in [0.3, 0.4) is 0 Å². The molecule has 2 N–H and O–H groups in total. The van der Waals surface area contributed by atoms with Crippen molar-refractivity contribution in [3.05, 3.63) is 281 Å². The summed E-state index contributed by atoms with van der Waals surface area (Å²) >= 11 is 0.0574. The fourth-order valence-electron chi connectivity index (χ4n) is 3.70. The number of rotatable bonds is 4. The molecule has 0 radical (unpaired) electrons. The van der Waals surface area contributed by atoms with Gasteiger partial charge >= 0.3 is 42.4 Å². The summed E-state index contributed by atoms with van der Waals surface area (Å²) in [6.45, 7) is 44.5. The number of alkyl halides is 1. The van der Waals surface area contributed by atoms with Crippen molar-refractivity contribution >= 4 is 0 Å². The molecule has 552 valence electrons. The van der Waals surface area contributed by atoms with Gasteiger partial charge in [-0.25, -0.2) is 0 Å². The molecule has 0 aromatic heterocycles. The molecule has 0 saturated heterocycles. The zero-order chi connectivity index (χ0) is 69.7. The van der Waals surface area contributed by atoms with Crippen LogP contribution in [-0.4, -0.2) is 60.0 Å². The highest BCUT2D eigenvalue weighted by atomic mass is 127. The van der Waals surface area contributed by atoms with Gasteiger partial charge in [-0.3, -0.25) is 4.39 Å². The number of benzene rings is 8. The number of hydrogen-bond acceptors (Lipinski definition) is 4. The molecule has 8 rings (SSSR count). The van der Waals surface area contributed by atoms with Crippen LogP contribution in [0.5, 0.6) is 0 Å². The SMILES string of the molecule is C.C.C.C.C.CC.CC.CC.CC.CC.CC.CC.CC.CC.CCC.CCC.CF.CO.CO.COC.COC.[Cl-].[Cl-].c1ccc([I+]c2ccccc2)cc1.c1ccc([I+]c2ccccc2)cc1.c1ccccc1.c1ccccc1.c1ccccc1.c1ccccc1. The Kier molecular flexibility index (Phi) is 317. The van der Waals surface area contributed by atoms with Gasteiger partial charge in [0.2, 0.25) is 0 Å². The number of methoxy groups -OCH3 is 2. The van der Waals surface area contributed by atoms with Crippen molar-refractivity contribution in [1.29, 1.82) is 0 Å². The number of ether oxygens (including phenoxy) is 2. The summed E-state index contributed by atoms with van der Waals surface area (Å²) in [6, 6.07) is 90.8. The molecule has 0 aliphatic rings. The molecule has 0 amide bonds. The van der Waals surface area contributed by atoms with E-state index in [1.54, 1.807) is 28.4 Å². The predicted molar refractivity (Wildman–Crippen MR) is 423 cm³/mol. The van der Waals surface area contributed by atoms with E-state index in [-0.39, 0.29) is 104 Å². The lowest BCUT2D eigenvalue weighted by molar-refractivity contribution is -0.597. The Bertz CT molecular complexity index is 1510. The average molecular weight is 1570 g/mol. The van der Waals surface area contributed by atoms with E-state index >= 15 is 0 Å². The van der Waals surface area contributed by atoms with Crippen LogP contribution in [0.1, 0.15) is 202 Å². The third-order valence-corrected chi connectivity index (χ3v) is 11.4. The molecule has 0 aliphatic carbocycles. The minimum atomic E-state index is 0. The average Bonchev–Trinajstić information content (AvgIpc) is 3.58. The van der Waals surface area contributed by atoms with Gasteiger partial charge in [0.1, 0.15) is 0 Å². The van der Waals surface area contributed by atoms with Crippen LogP contribution in [0.2, 0.25) is 0 Å². The highest BCUT2D eigenvalue weighted by Gasteiger charge is 2.13. The van der Waals surface area contributed by atoms with Crippen molar-refractivity contribution in [2.75, 3.05) is 49.8 Å². The molecule has 8 aromatic rings. The largest absolute Gasteiger partial charge is 1.00 e. The monoisotopic (exact) mass is 1570 g/mol. The Balaban J connectivity index is -0.0000000321. The topological polar surface area (TPSA) is 58.9 Å². The summed E-state index contributed by atoms with van der Waals surface area (Å²) in [5, 5.41) is 14.0. The molecule has 0 heterocycles. The number of aliphatic hydroxyl groups excluding tert-OH is 2. The van der Waals surface area contributed by atoms with Crippen LogP contribution >= 0.6 is 0 Å². The summed E-state index contributed by atoms with van der Waals surface area (Å²) in [6.07, 6.45) is 2.50. The van der Waals surface area contributed by atoms with E-state index in [0.717, 1.165) is 14.2 Å². The van der Waals surface area contributed by atoms with E-state index in [4.69, 9.17) is 10.2 Å². The summed E-state index contributed by atoms with van der Waals surface area (Å²) in [7, 11) is 9.00. The molecule has 0 aliphatic heterocycles. The summed E-state index contributed by atoms with van der Waals surface area (Å²) < 4.78 is 23.9. The molecule has 0 saturated carbocycles. The lowest BCUT2D eigenvalue weighted by atomic mass is 10.4. The zero-order valence-corrected chi connectivity index (χ0v) is 67.2. The third-order valence-electron chi connectivity index (χ3n) is 6.04. The molecule has 9 heteroatoms. The van der Waals surface area contributed by atoms with Gasteiger partial charge in [-0.15, -0.1) is 0 Å². The standard InChI is InChI=1S/2C12H10I.4C6H6.2C3H8.2C2H6O.9C2H6.CH3F.2CH4O.5CH4.2ClH/c2*1-3-7-11(8-4-1)13-12-9-5-2-6-10-12;4*1-2-4-6-5-3-1;4*1-3-2;12*1-2;;;;;;;/h2*1-10H;4*1-6H;2*3H2,1-2H3;2*1-2H3;9*1-2H3;1H3;2*2H,1H3;5*1H4;2*1H/q2*+1;;;;;;;;;;;;;;;;;;;;;;;;;;;/p-2. The first-order valence-electron chi connectivity index (χ1n) is 31.1. The Hall–Kier alpha value is -4.43. The van der Waals surface area contributed by atoms with Crippen LogP contribution in [0, 0.1) is 14.3 Å². The van der Waals surface area contributed by atoms with Crippen molar-refractivity contribution in [1.82, 2.24) is 0 Å². The molecule has 0 bridgehead atoms. The van der Waals surface area contributed by atoms with Crippen LogP contribution < -0.4 is 67.2 Å². The van der Waals surface area contributed by atoms with E-state index in [0.29, 0.717) is 7.18 Å². The Morgan fingerprint density at radius 2 is 0.280 bits per heavy atom. The van der Waals surface area contributed by atoms with E-state index in [1.807, 2.05) is 270 Å². The lowest BCUT2D eigenvalue weighted by Crippen LogP contribution is -3.61. The lowest BCUT2D eigenvalue weighted by Gasteiger charge is -1.84. The molecule has 8 aromatic carbocycles. The molecule has 0 unspecified atom stereocenters. The zero-order valence-electron chi connectivity index (χ0n) is 61.4. The second-order valence-corrected chi connectivity index (χ2v) is 18.3. The Morgan fingerprint density at radius 1 is 0.226 bits per heavy atom. The first-order valence-corrected chi connectivity index (χ1v) is 35.4. The van der Waals surface area contributed by atoms with Crippen LogP contribution in [0.15, 0.2) is 267 Å². The number of hydrogen-bond donors (Lipinski definition) is 2. The molecule has 0 fully saturated rings. The van der Waals surface area contributed by atoms with Crippen molar-refractivity contribution < 1.29 is 91.3 Å². The molecular weight excluding hydrogens is 1420 g/mol. The summed E-state index contributed by atoms with van der Waals surface area (Å²) in [4.78, 5) is 0. The van der Waals surface area contributed by atoms with E-state index in [2.05, 4.69) is 158 Å². The summed E-state index contributed by atoms with van der Waals surface area (Å²) in [5.74, 6) is 0. The van der Waals surface area contributed by atoms with Gasteiger partial charge in [0.05, 0.1) is 7.18 Å².